The van der Waals surface area contributed by atoms with E-state index in [1.165, 1.54) is 6.08 Å². The molecule has 0 heterocycles. The van der Waals surface area contributed by atoms with Crippen LogP contribution in [0.4, 0.5) is 0 Å². The summed E-state index contributed by atoms with van der Waals surface area (Å²) in [5.74, 6) is 0. The van der Waals surface area contributed by atoms with Gasteiger partial charge in [0.2, 0.25) is 0 Å². The Morgan fingerprint density at radius 1 is 1.62 bits per heavy atom. The highest BCUT2D eigenvalue weighted by Crippen LogP contribution is 2.00. The summed E-state index contributed by atoms with van der Waals surface area (Å²) in [6.45, 7) is 0. The molecule has 0 aliphatic rings. The van der Waals surface area contributed by atoms with Crippen molar-refractivity contribution in [3.63, 3.8) is 0 Å². The van der Waals surface area contributed by atoms with Crippen LogP contribution in [-0.4, -0.2) is 25.3 Å². The van der Waals surface area contributed by atoms with Crippen molar-refractivity contribution in [1.82, 2.24) is 4.90 Å². The van der Waals surface area contributed by atoms with E-state index >= 15 is 0 Å². The molecule has 0 saturated heterocycles. The predicted molar refractivity (Wildman–Crippen MR) is 33.7 cm³/mol. The van der Waals surface area contributed by atoms with Crippen molar-refractivity contribution in [3.05, 3.63) is 11.2 Å². The Kier molecular flexibility index (Phi) is 3.28. The number of hydrogen-bond acceptors (Lipinski definition) is 2. The van der Waals surface area contributed by atoms with Crippen LogP contribution in [0, 0.1) is 0 Å². The Morgan fingerprint density at radius 2 is 2.12 bits per heavy atom. The van der Waals surface area contributed by atoms with Crippen LogP contribution in [0.3, 0.4) is 0 Å². The molecule has 8 heavy (non-hydrogen) atoms. The van der Waals surface area contributed by atoms with Gasteiger partial charge in [-0.1, -0.05) is 11.6 Å². The maximum absolute atomic E-state index is 9.73. The lowest BCUT2D eigenvalue weighted by Crippen LogP contribution is -2.05. The Bertz CT molecular complexity index is 109. The molecular weight excluding hydrogens is 126 g/mol. The maximum atomic E-state index is 9.73. The van der Waals surface area contributed by atoms with Gasteiger partial charge in [0.1, 0.15) is 11.4 Å². The average Bonchev–Trinajstić information content (AvgIpc) is 1.67. The molecular formula is C5H8ClNO. The van der Waals surface area contributed by atoms with E-state index in [2.05, 4.69) is 0 Å². The van der Waals surface area contributed by atoms with E-state index in [1.807, 2.05) is 0 Å². The minimum Gasteiger partial charge on any atom is -0.368 e. The molecule has 0 radical (unpaired) electrons. The molecule has 0 rings (SSSR count). The second-order valence-electron chi connectivity index (χ2n) is 1.52. The second-order valence-corrected chi connectivity index (χ2v) is 1.91. The third-order valence-electron chi connectivity index (χ3n) is 0.633. The summed E-state index contributed by atoms with van der Waals surface area (Å²) in [6, 6.07) is 0. The maximum Gasteiger partial charge on any atom is 0.145 e. The van der Waals surface area contributed by atoms with Gasteiger partial charge in [-0.3, -0.25) is 4.79 Å². The lowest BCUT2D eigenvalue weighted by molar-refractivity contribution is -0.104. The van der Waals surface area contributed by atoms with Gasteiger partial charge >= 0.3 is 0 Å². The van der Waals surface area contributed by atoms with Crippen LogP contribution in [0.1, 0.15) is 0 Å². The van der Waals surface area contributed by atoms with Gasteiger partial charge in [0.25, 0.3) is 0 Å². The first-order valence-corrected chi connectivity index (χ1v) is 2.54. The minimum absolute atomic E-state index is 0.444. The van der Waals surface area contributed by atoms with Gasteiger partial charge in [-0.25, -0.2) is 0 Å². The Labute approximate surface area is 53.7 Å². The number of nitrogens with zero attached hydrogens (tertiary/aromatic N) is 1. The van der Waals surface area contributed by atoms with Gasteiger partial charge in [-0.05, 0) is 0 Å². The number of hydrogen-bond donors (Lipinski definition) is 0. The van der Waals surface area contributed by atoms with E-state index < -0.39 is 0 Å². The summed E-state index contributed by atoms with van der Waals surface area (Å²) in [4.78, 5) is 11.4. The Balaban J connectivity index is 3.78. The van der Waals surface area contributed by atoms with Crippen molar-refractivity contribution in [3.8, 4) is 0 Å². The smallest absolute Gasteiger partial charge is 0.145 e. The fourth-order valence-electron chi connectivity index (χ4n) is 0.205. The highest BCUT2D eigenvalue weighted by molar-refractivity contribution is 6.29. The van der Waals surface area contributed by atoms with Gasteiger partial charge < -0.3 is 4.90 Å². The Morgan fingerprint density at radius 3 is 2.25 bits per heavy atom. The lowest BCUT2D eigenvalue weighted by atomic mass is 10.6. The van der Waals surface area contributed by atoms with Crippen molar-refractivity contribution in [2.45, 2.75) is 0 Å². The Hall–Kier alpha value is -0.500. The molecule has 0 spiro atoms. The van der Waals surface area contributed by atoms with Crippen molar-refractivity contribution < 1.29 is 4.79 Å². The summed E-state index contributed by atoms with van der Waals surface area (Å²) in [5, 5.41) is 0.444. The minimum atomic E-state index is 0.444. The van der Waals surface area contributed by atoms with Crippen LogP contribution in [0.2, 0.25) is 0 Å². The summed E-state index contributed by atoms with van der Waals surface area (Å²) in [7, 11) is 3.53. The van der Waals surface area contributed by atoms with Crippen LogP contribution in [-0.2, 0) is 4.79 Å². The van der Waals surface area contributed by atoms with Crippen LogP contribution in [0.25, 0.3) is 0 Å². The van der Waals surface area contributed by atoms with E-state index in [0.717, 1.165) is 0 Å². The van der Waals surface area contributed by atoms with E-state index in [0.29, 0.717) is 11.4 Å². The summed E-state index contributed by atoms with van der Waals surface area (Å²) >= 11 is 5.47. The zero-order chi connectivity index (χ0) is 6.57. The van der Waals surface area contributed by atoms with Crippen molar-refractivity contribution >= 4 is 17.9 Å². The van der Waals surface area contributed by atoms with Gasteiger partial charge in [0.05, 0.1) is 0 Å². The third kappa shape index (κ3) is 2.64. The summed E-state index contributed by atoms with van der Waals surface area (Å²) in [5.41, 5.74) is 0. The molecule has 0 aliphatic heterocycles. The third-order valence-corrected chi connectivity index (χ3v) is 1.10. The van der Waals surface area contributed by atoms with Crippen molar-refractivity contribution in [2.75, 3.05) is 14.1 Å². The highest BCUT2D eigenvalue weighted by Gasteiger charge is 1.88. The molecule has 0 aromatic heterocycles. The largest absolute Gasteiger partial charge is 0.368 e. The number of aldehydes is 1. The standard InChI is InChI=1S/C5H8ClNO/c1-7(2)5(6)3-4-8/h3-4H,1-2H3/b5-3+. The molecule has 0 bridgehead atoms. The number of carbonyl (C=O) groups excluding carboxylic acids is 1. The van der Waals surface area contributed by atoms with Crippen LogP contribution in [0.15, 0.2) is 11.2 Å². The molecule has 3 heteroatoms. The average molecular weight is 134 g/mol. The molecule has 0 atom stereocenters. The number of halogens is 1. The zero-order valence-electron chi connectivity index (χ0n) is 4.89. The normalized spacial score (nSPS) is 11.1. The van der Waals surface area contributed by atoms with Crippen LogP contribution >= 0.6 is 11.6 Å². The molecule has 2 nitrogen and oxygen atoms in total. The van der Waals surface area contributed by atoms with E-state index in [1.54, 1.807) is 19.0 Å². The van der Waals surface area contributed by atoms with Gasteiger partial charge in [-0.2, -0.15) is 0 Å². The van der Waals surface area contributed by atoms with Gasteiger partial charge in [0, 0.05) is 20.2 Å². The number of carbonyl (C=O) groups is 1. The first kappa shape index (κ1) is 7.50. The fourth-order valence-corrected chi connectivity index (χ4v) is 0.257. The summed E-state index contributed by atoms with van der Waals surface area (Å²) < 4.78 is 0. The van der Waals surface area contributed by atoms with Crippen molar-refractivity contribution in [2.24, 2.45) is 0 Å². The first-order chi connectivity index (χ1) is 3.68. The van der Waals surface area contributed by atoms with E-state index in [4.69, 9.17) is 11.6 Å². The molecule has 0 aromatic carbocycles. The first-order valence-electron chi connectivity index (χ1n) is 2.16. The summed E-state index contributed by atoms with van der Waals surface area (Å²) in [6.07, 6.45) is 1.95. The zero-order valence-corrected chi connectivity index (χ0v) is 5.64. The molecule has 0 amide bonds. The topological polar surface area (TPSA) is 20.3 Å². The monoisotopic (exact) mass is 133 g/mol. The lowest BCUT2D eigenvalue weighted by Gasteiger charge is -2.07. The SMILES string of the molecule is CN(C)/C(Cl)=C/C=O. The molecule has 0 unspecified atom stereocenters. The number of allylic oxidation sites excluding steroid dienone is 1. The molecule has 0 aliphatic carbocycles. The highest BCUT2D eigenvalue weighted by atomic mass is 35.5. The second kappa shape index (κ2) is 3.50. The van der Waals surface area contributed by atoms with Crippen molar-refractivity contribution in [1.29, 1.82) is 0 Å². The number of rotatable bonds is 2. The predicted octanol–water partition coefficient (Wildman–Crippen LogP) is 0.827. The van der Waals surface area contributed by atoms with E-state index in [9.17, 15) is 4.79 Å². The van der Waals surface area contributed by atoms with Gasteiger partial charge in [-0.15, -0.1) is 0 Å². The molecule has 0 saturated carbocycles. The quantitative estimate of drug-likeness (QED) is 0.316. The fraction of sp³-hybridized carbons (Fsp3) is 0.400. The molecule has 46 valence electrons. The van der Waals surface area contributed by atoms with E-state index in [-0.39, 0.29) is 0 Å². The molecule has 0 N–H and O–H groups in total. The van der Waals surface area contributed by atoms with Crippen LogP contribution in [0.5, 0.6) is 0 Å². The molecule has 0 aromatic rings. The van der Waals surface area contributed by atoms with Gasteiger partial charge in [0.15, 0.2) is 0 Å². The molecule has 0 fully saturated rings. The van der Waals surface area contributed by atoms with Crippen LogP contribution < -0.4 is 0 Å².